The molecule has 0 unspecified atom stereocenters. The molecule has 1 fully saturated rings. The van der Waals surface area contributed by atoms with Crippen molar-refractivity contribution < 1.29 is 28.6 Å². The fourth-order valence-electron chi connectivity index (χ4n) is 3.43. The van der Waals surface area contributed by atoms with Crippen LogP contribution in [-0.2, 0) is 4.74 Å². The number of rotatable bonds is 8. The number of morpholine rings is 1. The van der Waals surface area contributed by atoms with Crippen molar-refractivity contribution in [3.8, 4) is 17.2 Å². The Balaban J connectivity index is 1.75. The van der Waals surface area contributed by atoms with Crippen molar-refractivity contribution >= 4 is 17.2 Å². The van der Waals surface area contributed by atoms with Gasteiger partial charge in [-0.1, -0.05) is 6.07 Å². The number of amides is 1. The quantitative estimate of drug-likeness (QED) is 0.687. The van der Waals surface area contributed by atoms with Gasteiger partial charge in [0.15, 0.2) is 11.5 Å². The van der Waals surface area contributed by atoms with Crippen molar-refractivity contribution in [2.45, 2.75) is 6.04 Å². The predicted molar refractivity (Wildman–Crippen MR) is 107 cm³/mol. The summed E-state index contributed by atoms with van der Waals surface area (Å²) < 4.78 is 21.5. The van der Waals surface area contributed by atoms with Gasteiger partial charge in [0.1, 0.15) is 19.1 Å². The number of quaternary nitrogens is 1. The van der Waals surface area contributed by atoms with Gasteiger partial charge in [0.2, 0.25) is 5.75 Å². The first kappa shape index (κ1) is 20.4. The number of carbonyl (C=O) groups is 1. The van der Waals surface area contributed by atoms with Gasteiger partial charge in [0, 0.05) is 5.56 Å². The molecule has 1 aromatic heterocycles. The molecule has 1 aliphatic rings. The summed E-state index contributed by atoms with van der Waals surface area (Å²) in [6.45, 7) is 3.91. The highest BCUT2D eigenvalue weighted by Gasteiger charge is 2.28. The number of methoxy groups -OCH3 is 3. The molecule has 1 aromatic carbocycles. The minimum atomic E-state index is -0.173. The fraction of sp³-hybridized carbons (Fsp3) is 0.450. The second kappa shape index (κ2) is 9.77. The summed E-state index contributed by atoms with van der Waals surface area (Å²) in [4.78, 5) is 15.5. The third-order valence-corrected chi connectivity index (χ3v) is 5.89. The van der Waals surface area contributed by atoms with E-state index in [1.165, 1.54) is 31.1 Å². The molecule has 0 radical (unpaired) electrons. The molecule has 1 amide bonds. The number of hydrogen-bond donors (Lipinski definition) is 2. The van der Waals surface area contributed by atoms with Crippen LogP contribution in [0.3, 0.4) is 0 Å². The smallest absolute Gasteiger partial charge is 0.251 e. The summed E-state index contributed by atoms with van der Waals surface area (Å²) in [5, 5.41) is 5.15. The van der Waals surface area contributed by atoms with E-state index in [4.69, 9.17) is 18.9 Å². The van der Waals surface area contributed by atoms with Gasteiger partial charge < -0.3 is 29.2 Å². The molecule has 0 aliphatic carbocycles. The topological polar surface area (TPSA) is 70.5 Å². The van der Waals surface area contributed by atoms with Gasteiger partial charge in [0.05, 0.1) is 46.0 Å². The first-order valence-electron chi connectivity index (χ1n) is 9.21. The molecule has 28 heavy (non-hydrogen) atoms. The lowest BCUT2D eigenvalue weighted by Gasteiger charge is -2.31. The zero-order valence-electron chi connectivity index (χ0n) is 16.4. The number of benzene rings is 1. The summed E-state index contributed by atoms with van der Waals surface area (Å²) in [6, 6.07) is 7.71. The lowest BCUT2D eigenvalue weighted by atomic mass is 10.1. The van der Waals surface area contributed by atoms with Crippen LogP contribution in [-0.4, -0.2) is 60.1 Å². The third-order valence-electron chi connectivity index (χ3n) is 4.91. The SMILES string of the molecule is COc1cc(C(=O)NC[C@@H](c2cccs2)[NH+]2CCOCC2)cc(OC)c1OC. The second-order valence-corrected chi connectivity index (χ2v) is 7.44. The molecule has 152 valence electrons. The van der Waals surface area contributed by atoms with Gasteiger partial charge in [-0.3, -0.25) is 4.79 Å². The van der Waals surface area contributed by atoms with Crippen molar-refractivity contribution in [3.63, 3.8) is 0 Å². The highest BCUT2D eigenvalue weighted by molar-refractivity contribution is 7.10. The van der Waals surface area contributed by atoms with Crippen molar-refractivity contribution in [1.82, 2.24) is 5.32 Å². The molecule has 1 saturated heterocycles. The van der Waals surface area contributed by atoms with Gasteiger partial charge in [0.25, 0.3) is 5.91 Å². The van der Waals surface area contributed by atoms with E-state index < -0.39 is 0 Å². The van der Waals surface area contributed by atoms with Crippen molar-refractivity contribution in [2.75, 3.05) is 54.2 Å². The monoisotopic (exact) mass is 407 g/mol. The number of ether oxygens (including phenoxy) is 4. The Bertz CT molecular complexity index is 750. The lowest BCUT2D eigenvalue weighted by Crippen LogP contribution is -3.15. The van der Waals surface area contributed by atoms with Gasteiger partial charge in [-0.2, -0.15) is 0 Å². The summed E-state index contributed by atoms with van der Waals surface area (Å²) in [7, 11) is 4.61. The van der Waals surface area contributed by atoms with Gasteiger partial charge in [-0.25, -0.2) is 0 Å². The Kier molecular flexibility index (Phi) is 7.13. The molecule has 0 bridgehead atoms. The standard InChI is InChI=1S/C20H26N2O5S/c1-24-16-11-14(12-17(25-2)19(16)26-3)20(23)21-13-15(18-5-4-10-28-18)22-6-8-27-9-7-22/h4-5,10-12,15H,6-9,13H2,1-3H3,(H,21,23)/p+1/t15-/m0/s1. The molecule has 1 atom stereocenters. The zero-order chi connectivity index (χ0) is 19.9. The minimum absolute atomic E-state index is 0.173. The van der Waals surface area contributed by atoms with Crippen LogP contribution in [0.5, 0.6) is 17.2 Å². The van der Waals surface area contributed by atoms with E-state index >= 15 is 0 Å². The molecule has 0 spiro atoms. The Labute approximate surface area is 169 Å². The van der Waals surface area contributed by atoms with E-state index in [0.717, 1.165) is 26.3 Å². The van der Waals surface area contributed by atoms with E-state index in [2.05, 4.69) is 16.8 Å². The highest BCUT2D eigenvalue weighted by Crippen LogP contribution is 2.38. The van der Waals surface area contributed by atoms with Crippen molar-refractivity contribution in [3.05, 3.63) is 40.1 Å². The molecule has 2 aromatic rings. The first-order chi connectivity index (χ1) is 13.7. The van der Waals surface area contributed by atoms with E-state index in [1.54, 1.807) is 23.5 Å². The highest BCUT2D eigenvalue weighted by atomic mass is 32.1. The van der Waals surface area contributed by atoms with Crippen LogP contribution in [0.4, 0.5) is 0 Å². The Morgan fingerprint density at radius 3 is 2.39 bits per heavy atom. The summed E-state index contributed by atoms with van der Waals surface area (Å²) in [5.74, 6) is 1.21. The molecule has 3 rings (SSSR count). The molecule has 2 N–H and O–H groups in total. The average Bonchev–Trinajstić information content (AvgIpc) is 3.27. The number of nitrogens with one attached hydrogen (secondary N) is 2. The van der Waals surface area contributed by atoms with Crippen molar-refractivity contribution in [2.24, 2.45) is 0 Å². The fourth-order valence-corrected chi connectivity index (χ4v) is 4.31. The van der Waals surface area contributed by atoms with Gasteiger partial charge in [-0.05, 0) is 23.6 Å². The molecule has 7 nitrogen and oxygen atoms in total. The minimum Gasteiger partial charge on any atom is -0.493 e. The molecular weight excluding hydrogens is 380 g/mol. The maximum absolute atomic E-state index is 12.8. The summed E-state index contributed by atoms with van der Waals surface area (Å²) in [5.41, 5.74) is 0.469. The normalized spacial score (nSPS) is 15.7. The van der Waals surface area contributed by atoms with Crippen molar-refractivity contribution in [1.29, 1.82) is 0 Å². The second-order valence-electron chi connectivity index (χ2n) is 6.46. The number of thiophene rings is 1. The predicted octanol–water partition coefficient (Wildman–Crippen LogP) is 1.16. The Morgan fingerprint density at radius 1 is 1.18 bits per heavy atom. The molecule has 8 heteroatoms. The Morgan fingerprint density at radius 2 is 1.86 bits per heavy atom. The van der Waals surface area contributed by atoms with Crippen LogP contribution < -0.4 is 24.4 Å². The molecule has 0 saturated carbocycles. The summed E-state index contributed by atoms with van der Waals surface area (Å²) in [6.07, 6.45) is 0. The molecule has 1 aliphatic heterocycles. The summed E-state index contributed by atoms with van der Waals surface area (Å²) >= 11 is 1.72. The van der Waals surface area contributed by atoms with E-state index in [-0.39, 0.29) is 11.9 Å². The maximum atomic E-state index is 12.8. The van der Waals surface area contributed by atoms with E-state index in [1.807, 2.05) is 6.07 Å². The van der Waals surface area contributed by atoms with Crippen LogP contribution in [0.15, 0.2) is 29.6 Å². The zero-order valence-corrected chi connectivity index (χ0v) is 17.3. The van der Waals surface area contributed by atoms with Crippen LogP contribution in [0.25, 0.3) is 0 Å². The van der Waals surface area contributed by atoms with Gasteiger partial charge in [-0.15, -0.1) is 11.3 Å². The Hall–Kier alpha value is -2.29. The lowest BCUT2D eigenvalue weighted by molar-refractivity contribution is -0.937. The first-order valence-corrected chi connectivity index (χ1v) is 10.1. The number of carbonyl (C=O) groups excluding carboxylic acids is 1. The largest absolute Gasteiger partial charge is 0.493 e. The van der Waals surface area contributed by atoms with Crippen LogP contribution >= 0.6 is 11.3 Å². The number of hydrogen-bond acceptors (Lipinski definition) is 6. The van der Waals surface area contributed by atoms with E-state index in [9.17, 15) is 4.79 Å². The van der Waals surface area contributed by atoms with Gasteiger partial charge >= 0.3 is 0 Å². The van der Waals surface area contributed by atoms with Crippen LogP contribution in [0.2, 0.25) is 0 Å². The third kappa shape index (κ3) is 4.57. The average molecular weight is 408 g/mol. The maximum Gasteiger partial charge on any atom is 0.251 e. The van der Waals surface area contributed by atoms with E-state index in [0.29, 0.717) is 29.4 Å². The van der Waals surface area contributed by atoms with Crippen LogP contribution in [0, 0.1) is 0 Å². The van der Waals surface area contributed by atoms with Crippen LogP contribution in [0.1, 0.15) is 21.3 Å². The molecule has 2 heterocycles. The molecular formula is C20H27N2O5S+.